The van der Waals surface area contributed by atoms with Crippen molar-refractivity contribution in [1.82, 2.24) is 10.2 Å². The van der Waals surface area contributed by atoms with Crippen molar-refractivity contribution in [3.63, 3.8) is 0 Å². The lowest BCUT2D eigenvalue weighted by atomic mass is 9.95. The lowest BCUT2D eigenvalue weighted by Crippen LogP contribution is -2.49. The van der Waals surface area contributed by atoms with Gasteiger partial charge in [0.25, 0.3) is 5.91 Å². The molecule has 2 rings (SSSR count). The number of rotatable bonds is 8. The Kier molecular flexibility index (Phi) is 11.2. The summed E-state index contributed by atoms with van der Waals surface area (Å²) in [5.74, 6) is -7.29. The van der Waals surface area contributed by atoms with E-state index in [1.807, 2.05) is 5.32 Å². The zero-order valence-corrected chi connectivity index (χ0v) is 23.5. The minimum absolute atomic E-state index is 0.0220. The molecule has 2 amide bonds. The summed E-state index contributed by atoms with van der Waals surface area (Å²) in [4.78, 5) is 25.2. The van der Waals surface area contributed by atoms with E-state index in [1.165, 1.54) is 6.92 Å². The van der Waals surface area contributed by atoms with Gasteiger partial charge in [-0.1, -0.05) is 40.9 Å². The van der Waals surface area contributed by atoms with E-state index < -0.39 is 93.5 Å². The Morgan fingerprint density at radius 3 is 1.95 bits per heavy atom. The quantitative estimate of drug-likeness (QED) is 0.225. The van der Waals surface area contributed by atoms with Crippen LogP contribution in [0.5, 0.6) is 0 Å². The van der Waals surface area contributed by atoms with Crippen LogP contribution in [0.15, 0.2) is 36.4 Å². The van der Waals surface area contributed by atoms with Gasteiger partial charge in [0.1, 0.15) is 24.3 Å². The van der Waals surface area contributed by atoms with Crippen LogP contribution in [-0.2, 0) is 11.0 Å². The highest BCUT2D eigenvalue weighted by molar-refractivity contribution is 6.48. The maximum absolute atomic E-state index is 15.0. The molecule has 232 valence electrons. The molecule has 0 saturated heterocycles. The number of benzene rings is 2. The van der Waals surface area contributed by atoms with Crippen molar-refractivity contribution >= 4 is 52.4 Å². The van der Waals surface area contributed by atoms with E-state index in [1.54, 1.807) is 0 Å². The molecule has 0 aromatic heterocycles. The fourth-order valence-electron chi connectivity index (χ4n) is 3.67. The van der Waals surface area contributed by atoms with Crippen LogP contribution < -0.4 is 5.32 Å². The zero-order valence-electron chi connectivity index (χ0n) is 21.2. The van der Waals surface area contributed by atoms with Gasteiger partial charge in [-0.15, -0.1) is 0 Å². The molecule has 17 heteroatoms. The van der Waals surface area contributed by atoms with Gasteiger partial charge in [0, 0.05) is 12.1 Å². The first-order valence-electron chi connectivity index (χ1n) is 11.5. The molecule has 42 heavy (non-hydrogen) atoms. The minimum Gasteiger partial charge on any atom is -0.341 e. The highest BCUT2D eigenvalue weighted by Gasteiger charge is 2.41. The molecular weight excluding hydrogens is 657 g/mol. The SMILES string of the molecule is CCN(CC(F)(F)F)C(=O)C(C)NC(=O)c1ccc(/C(F)=C/C(c2cc(Cl)c(Cl)c(Cl)c2)C(F)(F)F)cc1C(F)(F)F. The molecule has 0 radical (unpaired) electrons. The van der Waals surface area contributed by atoms with Crippen molar-refractivity contribution in [1.29, 1.82) is 0 Å². The van der Waals surface area contributed by atoms with E-state index in [2.05, 4.69) is 0 Å². The summed E-state index contributed by atoms with van der Waals surface area (Å²) in [7, 11) is 0. The Morgan fingerprint density at radius 1 is 0.952 bits per heavy atom. The Balaban J connectivity index is 2.48. The highest BCUT2D eigenvalue weighted by atomic mass is 35.5. The third-order valence-corrected chi connectivity index (χ3v) is 6.85. The molecule has 0 spiro atoms. The van der Waals surface area contributed by atoms with Crippen molar-refractivity contribution in [2.75, 3.05) is 13.1 Å². The average Bonchev–Trinajstić information content (AvgIpc) is 2.85. The van der Waals surface area contributed by atoms with Gasteiger partial charge in [-0.25, -0.2) is 4.39 Å². The van der Waals surface area contributed by atoms with E-state index >= 15 is 4.39 Å². The molecule has 4 nitrogen and oxygen atoms in total. The number of carbonyl (C=O) groups is 2. The van der Waals surface area contributed by atoms with E-state index in [4.69, 9.17) is 34.8 Å². The molecular formula is C25H19Cl3F10N2O2. The maximum atomic E-state index is 15.0. The monoisotopic (exact) mass is 674 g/mol. The van der Waals surface area contributed by atoms with Gasteiger partial charge in [0.05, 0.1) is 26.2 Å². The van der Waals surface area contributed by atoms with Gasteiger partial charge < -0.3 is 10.2 Å². The standard InChI is InChI=1S/C25H19Cl3F10N2O2/c1-3-40(10-23(30,31)32)22(42)11(2)39-21(41)14-5-4-12(6-16(14)25(36,37)38)19(29)9-15(24(33,34)35)13-7-17(26)20(28)18(27)8-13/h4-9,11,15H,3,10H2,1-2H3,(H,39,41)/b19-9-. The topological polar surface area (TPSA) is 49.4 Å². The average molecular weight is 676 g/mol. The Morgan fingerprint density at radius 2 is 1.50 bits per heavy atom. The molecule has 0 aliphatic heterocycles. The van der Waals surface area contributed by atoms with Crippen LogP contribution in [0.1, 0.15) is 46.8 Å². The number of nitrogens with one attached hydrogen (secondary N) is 1. The van der Waals surface area contributed by atoms with Crippen LogP contribution in [0.25, 0.3) is 5.83 Å². The van der Waals surface area contributed by atoms with Crippen molar-refractivity contribution in [2.45, 2.75) is 44.3 Å². The van der Waals surface area contributed by atoms with Gasteiger partial charge in [0.15, 0.2) is 0 Å². The summed E-state index contributed by atoms with van der Waals surface area (Å²) in [6.07, 6.45) is -15.3. The summed E-state index contributed by atoms with van der Waals surface area (Å²) in [6.45, 7) is 0.0417. The Labute approximate surface area is 247 Å². The number of carbonyl (C=O) groups excluding carboxylic acids is 2. The fraction of sp³-hybridized carbons (Fsp3) is 0.360. The molecule has 0 fully saturated rings. The minimum atomic E-state index is -5.34. The smallest absolute Gasteiger partial charge is 0.341 e. The second kappa shape index (κ2) is 13.3. The van der Waals surface area contributed by atoms with Gasteiger partial charge >= 0.3 is 18.5 Å². The summed E-state index contributed by atoms with van der Waals surface area (Å²) in [6, 6.07) is 0.906. The number of amides is 2. The predicted molar refractivity (Wildman–Crippen MR) is 136 cm³/mol. The number of hydrogen-bond donors (Lipinski definition) is 1. The lowest BCUT2D eigenvalue weighted by Gasteiger charge is -2.26. The summed E-state index contributed by atoms with van der Waals surface area (Å²) >= 11 is 17.2. The molecule has 2 unspecified atom stereocenters. The summed E-state index contributed by atoms with van der Waals surface area (Å²) in [5, 5.41) is 0.777. The van der Waals surface area contributed by atoms with Crippen LogP contribution >= 0.6 is 34.8 Å². The molecule has 2 atom stereocenters. The number of nitrogens with zero attached hydrogens (tertiary/aromatic N) is 1. The van der Waals surface area contributed by atoms with Gasteiger partial charge in [0.2, 0.25) is 5.91 Å². The number of halogens is 13. The molecule has 0 bridgehead atoms. The second-order valence-corrected chi connectivity index (χ2v) is 9.95. The first-order chi connectivity index (χ1) is 19.1. The van der Waals surface area contributed by atoms with E-state index in [9.17, 15) is 49.1 Å². The van der Waals surface area contributed by atoms with Crippen LogP contribution in [0.4, 0.5) is 43.9 Å². The normalized spacial score (nSPS) is 14.4. The van der Waals surface area contributed by atoms with Crippen LogP contribution in [0.2, 0.25) is 15.1 Å². The molecule has 0 heterocycles. The molecule has 2 aromatic rings. The Hall–Kier alpha value is -2.71. The number of allylic oxidation sites excluding steroid dienone is 1. The van der Waals surface area contributed by atoms with Crippen LogP contribution in [0, 0.1) is 0 Å². The number of hydrogen-bond acceptors (Lipinski definition) is 2. The molecule has 0 saturated carbocycles. The van der Waals surface area contributed by atoms with E-state index in [0.29, 0.717) is 17.0 Å². The summed E-state index contributed by atoms with van der Waals surface area (Å²) < 4.78 is 136. The first-order valence-corrected chi connectivity index (χ1v) is 12.7. The third-order valence-electron chi connectivity index (χ3n) is 5.66. The maximum Gasteiger partial charge on any atom is 0.417 e. The molecule has 2 aromatic carbocycles. The number of likely N-dealkylation sites (N-methyl/N-ethyl adjacent to an activating group) is 1. The number of alkyl halides is 9. The fourth-order valence-corrected chi connectivity index (χ4v) is 4.29. The van der Waals surface area contributed by atoms with E-state index in [0.717, 1.165) is 19.1 Å². The second-order valence-electron chi connectivity index (χ2n) is 8.75. The van der Waals surface area contributed by atoms with Gasteiger partial charge in [-0.2, -0.15) is 39.5 Å². The van der Waals surface area contributed by atoms with Crippen molar-refractivity contribution in [2.24, 2.45) is 0 Å². The lowest BCUT2D eigenvalue weighted by molar-refractivity contribution is -0.161. The Bertz CT molecular complexity index is 1330. The molecule has 0 aliphatic carbocycles. The van der Waals surface area contributed by atoms with Crippen molar-refractivity contribution in [3.8, 4) is 0 Å². The largest absolute Gasteiger partial charge is 0.417 e. The van der Waals surface area contributed by atoms with Crippen molar-refractivity contribution in [3.05, 3.63) is 73.7 Å². The molecule has 0 aliphatic rings. The summed E-state index contributed by atoms with van der Waals surface area (Å²) in [5.41, 5.74) is -4.62. The van der Waals surface area contributed by atoms with Crippen molar-refractivity contribution < 1.29 is 53.5 Å². The van der Waals surface area contributed by atoms with Gasteiger partial charge in [-0.05, 0) is 49.8 Å². The molecule has 1 N–H and O–H groups in total. The van der Waals surface area contributed by atoms with E-state index in [-0.39, 0.29) is 17.2 Å². The first kappa shape index (κ1) is 35.5. The zero-order chi connectivity index (χ0) is 32.4. The predicted octanol–water partition coefficient (Wildman–Crippen LogP) is 8.85. The van der Waals surface area contributed by atoms with Crippen LogP contribution in [-0.4, -0.2) is 48.2 Å². The third kappa shape index (κ3) is 9.14. The van der Waals surface area contributed by atoms with Crippen LogP contribution in [0.3, 0.4) is 0 Å². The highest BCUT2D eigenvalue weighted by Crippen LogP contribution is 2.43. The van der Waals surface area contributed by atoms with Gasteiger partial charge in [-0.3, -0.25) is 9.59 Å².